The highest BCUT2D eigenvalue weighted by molar-refractivity contribution is 7.80. The normalized spacial score (nSPS) is 19.7. The first-order valence-electron chi connectivity index (χ1n) is 8.37. The van der Waals surface area contributed by atoms with Crippen LogP contribution >= 0.6 is 12.6 Å². The van der Waals surface area contributed by atoms with Crippen molar-refractivity contribution in [3.8, 4) is 0 Å². The molecule has 1 aliphatic heterocycles. The van der Waals surface area contributed by atoms with Gasteiger partial charge < -0.3 is 32.1 Å². The van der Waals surface area contributed by atoms with E-state index in [1.165, 1.54) is 11.8 Å². The van der Waals surface area contributed by atoms with Crippen molar-refractivity contribution in [3.05, 3.63) is 0 Å². The first-order valence-corrected chi connectivity index (χ1v) is 9.00. The molecule has 0 saturated carbocycles. The Bertz CT molecular complexity index is 614. The Kier molecular flexibility index (Phi) is 8.50. The van der Waals surface area contributed by atoms with Crippen LogP contribution in [0.2, 0.25) is 0 Å². The fraction of sp³-hybridized carbons (Fsp3) is 0.667. The van der Waals surface area contributed by atoms with E-state index in [0.29, 0.717) is 19.4 Å². The molecule has 1 rings (SSSR count). The fourth-order valence-electron chi connectivity index (χ4n) is 2.70. The summed E-state index contributed by atoms with van der Waals surface area (Å²) in [6.07, 6.45) is 0.451. The number of likely N-dealkylation sites (tertiary alicyclic amines) is 1. The quantitative estimate of drug-likeness (QED) is 0.224. The van der Waals surface area contributed by atoms with Crippen LogP contribution in [0.15, 0.2) is 0 Å². The van der Waals surface area contributed by atoms with E-state index in [2.05, 4.69) is 23.3 Å². The maximum atomic E-state index is 12.5. The summed E-state index contributed by atoms with van der Waals surface area (Å²) in [5.74, 6) is -4.20. The van der Waals surface area contributed by atoms with Gasteiger partial charge in [0.2, 0.25) is 23.6 Å². The van der Waals surface area contributed by atoms with Gasteiger partial charge in [0.15, 0.2) is 0 Å². The number of carboxylic acids is 1. The van der Waals surface area contributed by atoms with Gasteiger partial charge in [-0.25, -0.2) is 4.79 Å². The van der Waals surface area contributed by atoms with E-state index in [0.717, 1.165) is 0 Å². The molecule has 12 heteroatoms. The van der Waals surface area contributed by atoms with Gasteiger partial charge in [-0.3, -0.25) is 19.2 Å². The molecule has 1 fully saturated rings. The van der Waals surface area contributed by atoms with Crippen molar-refractivity contribution in [3.63, 3.8) is 0 Å². The summed E-state index contributed by atoms with van der Waals surface area (Å²) in [4.78, 5) is 60.2. The molecule has 11 nitrogen and oxygen atoms in total. The summed E-state index contributed by atoms with van der Waals surface area (Å²) in [5.41, 5.74) is 10.5. The molecule has 152 valence electrons. The number of primary amides is 1. The average Bonchev–Trinajstić information content (AvgIpc) is 3.06. The molecule has 0 aliphatic carbocycles. The van der Waals surface area contributed by atoms with Gasteiger partial charge in [-0.15, -0.1) is 0 Å². The Morgan fingerprint density at radius 3 is 2.33 bits per heavy atom. The number of thiol groups is 1. The molecule has 27 heavy (non-hydrogen) atoms. The largest absolute Gasteiger partial charge is 0.480 e. The van der Waals surface area contributed by atoms with Crippen LogP contribution < -0.4 is 22.1 Å². The molecule has 0 bridgehead atoms. The minimum atomic E-state index is -1.52. The molecule has 0 aromatic rings. The highest BCUT2D eigenvalue weighted by Gasteiger charge is 2.37. The number of carbonyl (C=O) groups is 5. The van der Waals surface area contributed by atoms with Gasteiger partial charge in [0, 0.05) is 12.3 Å². The standard InChI is InChI=1S/C15H25N5O6S/c1-7(16)14(24)20-4-2-3-10(20)13(23)19-9(6-27)12(22)18-8(15(25)26)5-11(17)21/h7-10,27H,2-6,16H2,1H3,(H2,17,21)(H,18,22)(H,19,23)(H,25,26). The first kappa shape index (κ1) is 22.7. The van der Waals surface area contributed by atoms with E-state index in [9.17, 15) is 24.0 Å². The first-order chi connectivity index (χ1) is 12.6. The van der Waals surface area contributed by atoms with E-state index in [4.69, 9.17) is 16.6 Å². The third kappa shape index (κ3) is 6.40. The Labute approximate surface area is 161 Å². The van der Waals surface area contributed by atoms with Crippen LogP contribution in [0.3, 0.4) is 0 Å². The van der Waals surface area contributed by atoms with Crippen LogP contribution in [-0.4, -0.2) is 76.1 Å². The maximum absolute atomic E-state index is 12.5. The van der Waals surface area contributed by atoms with E-state index in [-0.39, 0.29) is 11.7 Å². The molecule has 4 unspecified atom stereocenters. The molecule has 1 saturated heterocycles. The van der Waals surface area contributed by atoms with Gasteiger partial charge in [-0.1, -0.05) is 0 Å². The van der Waals surface area contributed by atoms with Crippen molar-refractivity contribution in [1.82, 2.24) is 15.5 Å². The molecule has 0 radical (unpaired) electrons. The Hall–Kier alpha value is -2.34. The van der Waals surface area contributed by atoms with Crippen LogP contribution in [0.4, 0.5) is 0 Å². The van der Waals surface area contributed by atoms with Crippen molar-refractivity contribution in [2.24, 2.45) is 11.5 Å². The van der Waals surface area contributed by atoms with Gasteiger partial charge in [0.25, 0.3) is 0 Å². The lowest BCUT2D eigenvalue weighted by molar-refractivity contribution is -0.144. The van der Waals surface area contributed by atoms with E-state index in [1.807, 2.05) is 0 Å². The summed E-state index contributed by atoms with van der Waals surface area (Å²) in [5, 5.41) is 13.6. The number of nitrogens with two attached hydrogens (primary N) is 2. The highest BCUT2D eigenvalue weighted by atomic mass is 32.1. The lowest BCUT2D eigenvalue weighted by atomic mass is 10.1. The highest BCUT2D eigenvalue weighted by Crippen LogP contribution is 2.18. The van der Waals surface area contributed by atoms with Crippen molar-refractivity contribution in [2.75, 3.05) is 12.3 Å². The summed E-state index contributed by atoms with van der Waals surface area (Å²) < 4.78 is 0. The molecule has 0 aromatic heterocycles. The van der Waals surface area contributed by atoms with Gasteiger partial charge >= 0.3 is 5.97 Å². The zero-order valence-electron chi connectivity index (χ0n) is 14.9. The number of aliphatic carboxylic acids is 1. The zero-order chi connectivity index (χ0) is 20.7. The van der Waals surface area contributed by atoms with Crippen LogP contribution in [-0.2, 0) is 24.0 Å². The molecule has 1 aliphatic rings. The summed E-state index contributed by atoms with van der Waals surface area (Å²) in [6.45, 7) is 1.90. The third-order valence-electron chi connectivity index (χ3n) is 4.06. The number of carbonyl (C=O) groups excluding carboxylic acids is 4. The SMILES string of the molecule is CC(N)C(=O)N1CCCC1C(=O)NC(CS)C(=O)NC(CC(N)=O)C(=O)O. The lowest BCUT2D eigenvalue weighted by Gasteiger charge is -2.27. The number of nitrogens with zero attached hydrogens (tertiary/aromatic N) is 1. The van der Waals surface area contributed by atoms with Crippen molar-refractivity contribution in [2.45, 2.75) is 50.4 Å². The predicted octanol–water partition coefficient (Wildman–Crippen LogP) is -2.82. The second-order valence-electron chi connectivity index (χ2n) is 6.29. The van der Waals surface area contributed by atoms with Crippen LogP contribution in [0.1, 0.15) is 26.2 Å². The van der Waals surface area contributed by atoms with Crippen LogP contribution in [0.5, 0.6) is 0 Å². The van der Waals surface area contributed by atoms with Crippen molar-refractivity contribution >= 4 is 42.2 Å². The van der Waals surface area contributed by atoms with Gasteiger partial charge in [0.1, 0.15) is 18.1 Å². The number of nitrogens with one attached hydrogen (secondary N) is 2. The van der Waals surface area contributed by atoms with Gasteiger partial charge in [-0.05, 0) is 19.8 Å². The molecular formula is C15H25N5O6S. The zero-order valence-corrected chi connectivity index (χ0v) is 15.8. The monoisotopic (exact) mass is 403 g/mol. The number of hydrogen-bond donors (Lipinski definition) is 6. The molecule has 0 aromatic carbocycles. The molecule has 4 atom stereocenters. The Balaban J connectivity index is 2.77. The minimum Gasteiger partial charge on any atom is -0.480 e. The number of amides is 4. The summed E-state index contributed by atoms with van der Waals surface area (Å²) >= 11 is 4.00. The molecule has 7 N–H and O–H groups in total. The molecule has 0 spiro atoms. The predicted molar refractivity (Wildman–Crippen MR) is 97.5 cm³/mol. The molecule has 1 heterocycles. The lowest BCUT2D eigenvalue weighted by Crippen LogP contribution is -2.57. The second kappa shape index (κ2) is 10.1. The third-order valence-corrected chi connectivity index (χ3v) is 4.43. The molecule has 4 amide bonds. The fourth-order valence-corrected chi connectivity index (χ4v) is 2.96. The molecular weight excluding hydrogens is 378 g/mol. The topological polar surface area (TPSA) is 185 Å². The van der Waals surface area contributed by atoms with E-state index < -0.39 is 54.3 Å². The summed E-state index contributed by atoms with van der Waals surface area (Å²) in [7, 11) is 0. The van der Waals surface area contributed by atoms with E-state index >= 15 is 0 Å². The minimum absolute atomic E-state index is 0.117. The van der Waals surface area contributed by atoms with Crippen LogP contribution in [0.25, 0.3) is 0 Å². The number of carboxylic acid groups (broad SMARTS) is 1. The number of hydrogen-bond acceptors (Lipinski definition) is 7. The summed E-state index contributed by atoms with van der Waals surface area (Å²) in [6, 6.07) is -4.19. The smallest absolute Gasteiger partial charge is 0.326 e. The Morgan fingerprint density at radius 1 is 1.22 bits per heavy atom. The Morgan fingerprint density at radius 2 is 1.85 bits per heavy atom. The maximum Gasteiger partial charge on any atom is 0.326 e. The van der Waals surface area contributed by atoms with E-state index in [1.54, 1.807) is 0 Å². The number of rotatable bonds is 9. The average molecular weight is 403 g/mol. The van der Waals surface area contributed by atoms with Crippen LogP contribution in [0, 0.1) is 0 Å². The van der Waals surface area contributed by atoms with Crippen molar-refractivity contribution < 1.29 is 29.1 Å². The van der Waals surface area contributed by atoms with Gasteiger partial charge in [-0.2, -0.15) is 12.6 Å². The van der Waals surface area contributed by atoms with Gasteiger partial charge in [0.05, 0.1) is 12.5 Å². The van der Waals surface area contributed by atoms with Crippen molar-refractivity contribution in [1.29, 1.82) is 0 Å². The second-order valence-corrected chi connectivity index (χ2v) is 6.66.